The first-order valence-corrected chi connectivity index (χ1v) is 15.3. The molecule has 0 spiro atoms. The van der Waals surface area contributed by atoms with Crippen LogP contribution in [0.3, 0.4) is 0 Å². The van der Waals surface area contributed by atoms with Crippen LogP contribution >= 0.6 is 0 Å². The highest BCUT2D eigenvalue weighted by molar-refractivity contribution is 5.89. The average molecular weight is 523 g/mol. The molecule has 5 rings (SSSR count). The predicted molar refractivity (Wildman–Crippen MR) is 152 cm³/mol. The lowest BCUT2D eigenvalue weighted by Crippen LogP contribution is -2.62. The topological polar surface area (TPSA) is 66.8 Å². The first-order chi connectivity index (χ1) is 18.1. The predicted octanol–water partition coefficient (Wildman–Crippen LogP) is 7.14. The molecule has 4 aliphatic rings. The molecule has 38 heavy (non-hydrogen) atoms. The Hall–Kier alpha value is -1.65. The largest absolute Gasteiger partial charge is 0.465 e. The number of ether oxygens (including phenoxy) is 1. The minimum Gasteiger partial charge on any atom is -0.465 e. The molecule has 11 atom stereocenters. The molecule has 4 fully saturated rings. The summed E-state index contributed by atoms with van der Waals surface area (Å²) in [6.07, 6.45) is 14.1. The van der Waals surface area contributed by atoms with E-state index >= 15 is 0 Å². The van der Waals surface area contributed by atoms with Crippen molar-refractivity contribution in [3.8, 4) is 0 Å². The van der Waals surface area contributed by atoms with Gasteiger partial charge < -0.3 is 14.9 Å². The molecular formula is C34H50O4. The molecule has 0 aliphatic heterocycles. The number of methoxy groups -OCH3 is 1. The molecule has 0 saturated heterocycles. The van der Waals surface area contributed by atoms with Gasteiger partial charge in [0.15, 0.2) is 0 Å². The Balaban J connectivity index is 1.30. The molecule has 2 N–H and O–H groups in total. The second-order valence-electron chi connectivity index (χ2n) is 13.9. The number of hydrogen-bond acceptors (Lipinski definition) is 4. The smallest absolute Gasteiger partial charge is 0.337 e. The van der Waals surface area contributed by atoms with Gasteiger partial charge in [-0.2, -0.15) is 0 Å². The van der Waals surface area contributed by atoms with Gasteiger partial charge in [-0.1, -0.05) is 58.4 Å². The number of allylic oxidation sites excluding steroid dienone is 1. The van der Waals surface area contributed by atoms with Crippen LogP contribution in [0.15, 0.2) is 30.3 Å². The number of carbonyl (C=O) groups is 1. The Kier molecular flexibility index (Phi) is 7.88. The Morgan fingerprint density at radius 3 is 2.39 bits per heavy atom. The molecule has 210 valence electrons. The van der Waals surface area contributed by atoms with Gasteiger partial charge in [0.25, 0.3) is 0 Å². The molecule has 6 unspecified atom stereocenters. The van der Waals surface area contributed by atoms with Crippen LogP contribution in [-0.4, -0.2) is 35.5 Å². The lowest BCUT2D eigenvalue weighted by molar-refractivity contribution is -0.203. The van der Waals surface area contributed by atoms with Crippen LogP contribution in [0.25, 0.3) is 6.08 Å². The second kappa shape index (κ2) is 10.7. The van der Waals surface area contributed by atoms with Crippen molar-refractivity contribution in [2.45, 2.75) is 97.7 Å². The highest BCUT2D eigenvalue weighted by Crippen LogP contribution is 2.69. The second-order valence-corrected chi connectivity index (χ2v) is 13.9. The molecule has 0 amide bonds. The molecule has 0 heterocycles. The minimum absolute atomic E-state index is 0.185. The monoisotopic (exact) mass is 522 g/mol. The Labute approximate surface area is 230 Å². The average Bonchev–Trinajstić information content (AvgIpc) is 3.27. The summed E-state index contributed by atoms with van der Waals surface area (Å²) in [4.78, 5) is 11.7. The summed E-state index contributed by atoms with van der Waals surface area (Å²) in [6, 6.07) is 7.61. The first kappa shape index (κ1) is 27.9. The minimum atomic E-state index is -0.299. The standard InChI is InChI=1S/C34H50O4/c1-6-25-29-20-24(35)16-18-34(29,4)28-17-19-33(3)26(14-15-27(33)30(28)31(25)36)21(2)8-7-9-22-10-12-23(13-11-22)32(37)38-5/h7,9-13,21,24-31,35-36H,6,8,14-20H2,1-5H3/b9-7+/t21-,24-,25-,26-,27?,28?,29?,30?,31-,33?,34?/m1/s1. The number of aliphatic hydroxyl groups excluding tert-OH is 2. The van der Waals surface area contributed by atoms with E-state index in [1.807, 2.05) is 24.3 Å². The van der Waals surface area contributed by atoms with Gasteiger partial charge in [-0.25, -0.2) is 4.79 Å². The van der Waals surface area contributed by atoms with E-state index in [4.69, 9.17) is 4.74 Å². The van der Waals surface area contributed by atoms with Crippen molar-refractivity contribution in [3.05, 3.63) is 41.5 Å². The van der Waals surface area contributed by atoms with Crippen LogP contribution in [0.5, 0.6) is 0 Å². The normalized spacial score (nSPS) is 43.2. The van der Waals surface area contributed by atoms with Crippen LogP contribution in [0, 0.1) is 52.3 Å². The van der Waals surface area contributed by atoms with Crippen LogP contribution < -0.4 is 0 Å². The maximum atomic E-state index is 11.9. The van der Waals surface area contributed by atoms with Crippen molar-refractivity contribution < 1.29 is 19.7 Å². The van der Waals surface area contributed by atoms with Crippen molar-refractivity contribution >= 4 is 12.0 Å². The van der Waals surface area contributed by atoms with Crippen LogP contribution in [0.4, 0.5) is 0 Å². The third-order valence-corrected chi connectivity index (χ3v) is 12.3. The Bertz CT molecular complexity index is 1020. The lowest BCUT2D eigenvalue weighted by Gasteiger charge is -2.64. The fraction of sp³-hybridized carbons (Fsp3) is 0.735. The SMILES string of the molecule is CC[C@@H]1C2C[C@H](O)CCC2(C)C2CCC3(C)C(CC[C@@H]3[C@H](C)C/C=C/c3ccc(C(=O)OC)cc3)C2[C@@H]1O. The van der Waals surface area contributed by atoms with Gasteiger partial charge in [-0.3, -0.25) is 0 Å². The van der Waals surface area contributed by atoms with Crippen molar-refractivity contribution in [1.29, 1.82) is 0 Å². The molecule has 1 aromatic carbocycles. The summed E-state index contributed by atoms with van der Waals surface area (Å²) < 4.78 is 4.80. The van der Waals surface area contributed by atoms with E-state index in [1.165, 1.54) is 32.8 Å². The van der Waals surface area contributed by atoms with Crippen molar-refractivity contribution in [2.75, 3.05) is 7.11 Å². The lowest BCUT2D eigenvalue weighted by atomic mass is 9.41. The summed E-state index contributed by atoms with van der Waals surface area (Å²) in [7, 11) is 1.41. The molecule has 4 aliphatic carbocycles. The van der Waals surface area contributed by atoms with E-state index in [-0.39, 0.29) is 23.6 Å². The van der Waals surface area contributed by atoms with Gasteiger partial charge in [0.2, 0.25) is 0 Å². The molecule has 4 heteroatoms. The first-order valence-electron chi connectivity index (χ1n) is 15.3. The van der Waals surface area contributed by atoms with Crippen molar-refractivity contribution in [1.82, 2.24) is 0 Å². The molecule has 0 aromatic heterocycles. The van der Waals surface area contributed by atoms with Gasteiger partial charge in [0.1, 0.15) is 0 Å². The number of benzene rings is 1. The van der Waals surface area contributed by atoms with Gasteiger partial charge >= 0.3 is 5.97 Å². The zero-order valence-corrected chi connectivity index (χ0v) is 24.2. The van der Waals surface area contributed by atoms with E-state index in [2.05, 4.69) is 39.8 Å². The molecule has 0 bridgehead atoms. The summed E-state index contributed by atoms with van der Waals surface area (Å²) >= 11 is 0. The van der Waals surface area contributed by atoms with E-state index in [9.17, 15) is 15.0 Å². The molecule has 0 radical (unpaired) electrons. The van der Waals surface area contributed by atoms with E-state index < -0.39 is 0 Å². The zero-order chi connectivity index (χ0) is 27.2. The van der Waals surface area contributed by atoms with Gasteiger partial charge in [-0.05, 0) is 121 Å². The van der Waals surface area contributed by atoms with E-state index in [0.29, 0.717) is 52.4 Å². The number of rotatable bonds is 6. The number of carbonyl (C=O) groups excluding carboxylic acids is 1. The summed E-state index contributed by atoms with van der Waals surface area (Å²) in [5.74, 6) is 3.38. The fourth-order valence-corrected chi connectivity index (χ4v) is 10.4. The summed E-state index contributed by atoms with van der Waals surface area (Å²) in [5, 5.41) is 22.4. The van der Waals surface area contributed by atoms with Crippen LogP contribution in [-0.2, 0) is 4.74 Å². The quantitative estimate of drug-likeness (QED) is 0.390. The van der Waals surface area contributed by atoms with E-state index in [1.54, 1.807) is 0 Å². The molecule has 1 aromatic rings. The molecule has 4 nitrogen and oxygen atoms in total. The summed E-state index contributed by atoms with van der Waals surface area (Å²) in [6.45, 7) is 9.77. The van der Waals surface area contributed by atoms with Crippen LogP contribution in [0.2, 0.25) is 0 Å². The molecule has 4 saturated carbocycles. The number of hydrogen-bond donors (Lipinski definition) is 2. The van der Waals surface area contributed by atoms with Crippen molar-refractivity contribution in [3.63, 3.8) is 0 Å². The van der Waals surface area contributed by atoms with E-state index in [0.717, 1.165) is 37.7 Å². The molecular weight excluding hydrogens is 472 g/mol. The fourth-order valence-electron chi connectivity index (χ4n) is 10.4. The summed E-state index contributed by atoms with van der Waals surface area (Å²) in [5.41, 5.74) is 2.25. The maximum absolute atomic E-state index is 11.9. The van der Waals surface area contributed by atoms with Crippen molar-refractivity contribution in [2.24, 2.45) is 52.3 Å². The number of fused-ring (bicyclic) bond motifs is 5. The highest BCUT2D eigenvalue weighted by atomic mass is 16.5. The maximum Gasteiger partial charge on any atom is 0.337 e. The third kappa shape index (κ3) is 4.58. The highest BCUT2D eigenvalue weighted by Gasteiger charge is 2.64. The Morgan fingerprint density at radius 2 is 1.71 bits per heavy atom. The number of aliphatic hydroxyl groups is 2. The zero-order valence-electron chi connectivity index (χ0n) is 24.2. The van der Waals surface area contributed by atoms with Gasteiger partial charge in [-0.15, -0.1) is 0 Å². The van der Waals surface area contributed by atoms with Crippen LogP contribution in [0.1, 0.15) is 101 Å². The third-order valence-electron chi connectivity index (χ3n) is 12.3. The number of esters is 1. The Morgan fingerprint density at radius 1 is 1.03 bits per heavy atom. The van der Waals surface area contributed by atoms with Gasteiger partial charge in [0, 0.05) is 0 Å². The van der Waals surface area contributed by atoms with Gasteiger partial charge in [0.05, 0.1) is 24.9 Å².